The molecular weight excluding hydrogens is 276 g/mol. The van der Waals surface area contributed by atoms with Crippen molar-refractivity contribution >= 4 is 17.2 Å². The molecule has 1 aromatic heterocycles. The second kappa shape index (κ2) is 5.05. The molecule has 8 heteroatoms. The number of halogens is 4. The van der Waals surface area contributed by atoms with Crippen molar-refractivity contribution in [3.05, 3.63) is 47.2 Å². The Labute approximate surface area is 110 Å². The summed E-state index contributed by atoms with van der Waals surface area (Å²) in [5, 5.41) is 10.7. The first kappa shape index (κ1) is 13.6. The summed E-state index contributed by atoms with van der Waals surface area (Å²) in [6.07, 6.45) is 1.09. The normalized spacial score (nSPS) is 10.2. The lowest BCUT2D eigenvalue weighted by molar-refractivity contribution is 0.459. The van der Waals surface area contributed by atoms with Gasteiger partial charge in [0.1, 0.15) is 11.8 Å². The van der Waals surface area contributed by atoms with Crippen LogP contribution in [0.2, 0.25) is 0 Å². The maximum atomic E-state index is 13.4. The highest BCUT2D eigenvalue weighted by molar-refractivity contribution is 5.70. The van der Waals surface area contributed by atoms with Gasteiger partial charge in [-0.05, 0) is 6.07 Å². The fourth-order valence-electron chi connectivity index (χ4n) is 1.45. The van der Waals surface area contributed by atoms with Gasteiger partial charge in [0, 0.05) is 12.3 Å². The molecule has 0 aliphatic heterocycles. The van der Waals surface area contributed by atoms with Crippen molar-refractivity contribution in [2.24, 2.45) is 0 Å². The highest BCUT2D eigenvalue weighted by Gasteiger charge is 2.20. The van der Waals surface area contributed by atoms with E-state index in [0.717, 1.165) is 6.20 Å². The number of aromatic nitrogens is 1. The number of anilines is 3. The predicted octanol–water partition coefficient (Wildman–Crippen LogP) is 2.84. The Hall–Kier alpha value is -2.82. The van der Waals surface area contributed by atoms with Gasteiger partial charge in [0.05, 0.1) is 11.3 Å². The number of nitrogens with zero attached hydrogens (tertiary/aromatic N) is 2. The molecule has 0 fully saturated rings. The Balaban J connectivity index is 2.48. The predicted molar refractivity (Wildman–Crippen MR) is 62.9 cm³/mol. The maximum absolute atomic E-state index is 13.4. The Bertz CT molecular complexity index is 698. The first-order valence-electron chi connectivity index (χ1n) is 5.19. The van der Waals surface area contributed by atoms with Crippen LogP contribution in [-0.4, -0.2) is 4.98 Å². The molecule has 0 atom stereocenters. The van der Waals surface area contributed by atoms with Crippen LogP contribution in [-0.2, 0) is 0 Å². The third kappa shape index (κ3) is 2.33. The molecule has 0 amide bonds. The van der Waals surface area contributed by atoms with Crippen LogP contribution in [0.1, 0.15) is 5.56 Å². The highest BCUT2D eigenvalue weighted by atomic mass is 19.2. The van der Waals surface area contributed by atoms with Gasteiger partial charge in [-0.15, -0.1) is 0 Å². The van der Waals surface area contributed by atoms with E-state index >= 15 is 0 Å². The summed E-state index contributed by atoms with van der Waals surface area (Å²) in [5.41, 5.74) is 4.48. The third-order valence-corrected chi connectivity index (χ3v) is 2.40. The van der Waals surface area contributed by atoms with Crippen LogP contribution in [0.5, 0.6) is 0 Å². The average Bonchev–Trinajstić information content (AvgIpc) is 2.42. The van der Waals surface area contributed by atoms with Gasteiger partial charge in [0.2, 0.25) is 0 Å². The van der Waals surface area contributed by atoms with Crippen LogP contribution < -0.4 is 11.1 Å². The van der Waals surface area contributed by atoms with Gasteiger partial charge in [-0.3, -0.25) is 0 Å². The van der Waals surface area contributed by atoms with Crippen LogP contribution >= 0.6 is 0 Å². The van der Waals surface area contributed by atoms with Crippen LogP contribution in [0.3, 0.4) is 0 Å². The largest absolute Gasteiger partial charge is 0.396 e. The first-order chi connectivity index (χ1) is 9.43. The number of nitrogen functional groups attached to an aromatic ring is 1. The summed E-state index contributed by atoms with van der Waals surface area (Å²) < 4.78 is 52.9. The van der Waals surface area contributed by atoms with E-state index < -0.39 is 29.0 Å². The van der Waals surface area contributed by atoms with Crippen molar-refractivity contribution in [1.29, 1.82) is 5.26 Å². The van der Waals surface area contributed by atoms with Crippen LogP contribution in [0, 0.1) is 34.6 Å². The van der Waals surface area contributed by atoms with Crippen molar-refractivity contribution in [2.75, 3.05) is 11.1 Å². The zero-order valence-electron chi connectivity index (χ0n) is 9.72. The van der Waals surface area contributed by atoms with E-state index in [2.05, 4.69) is 10.3 Å². The van der Waals surface area contributed by atoms with E-state index in [9.17, 15) is 17.6 Å². The van der Waals surface area contributed by atoms with E-state index in [-0.39, 0.29) is 23.1 Å². The van der Waals surface area contributed by atoms with E-state index in [1.807, 2.05) is 0 Å². The number of nitrogens with two attached hydrogens (primary N) is 1. The lowest BCUT2D eigenvalue weighted by atomic mass is 10.2. The van der Waals surface area contributed by atoms with E-state index in [1.165, 1.54) is 6.07 Å². The second-order valence-corrected chi connectivity index (χ2v) is 3.74. The molecule has 0 radical (unpaired) electrons. The van der Waals surface area contributed by atoms with Gasteiger partial charge in [-0.2, -0.15) is 5.26 Å². The van der Waals surface area contributed by atoms with Crippen LogP contribution in [0.15, 0.2) is 18.3 Å². The van der Waals surface area contributed by atoms with Crippen molar-refractivity contribution in [3.8, 4) is 6.07 Å². The fourth-order valence-corrected chi connectivity index (χ4v) is 1.45. The molecule has 1 aromatic carbocycles. The average molecular weight is 282 g/mol. The van der Waals surface area contributed by atoms with Crippen molar-refractivity contribution in [3.63, 3.8) is 0 Å². The van der Waals surface area contributed by atoms with Crippen molar-refractivity contribution in [2.45, 2.75) is 0 Å². The topological polar surface area (TPSA) is 74.7 Å². The third-order valence-electron chi connectivity index (χ3n) is 2.40. The quantitative estimate of drug-likeness (QED) is 0.656. The molecule has 1 heterocycles. The summed E-state index contributed by atoms with van der Waals surface area (Å²) in [4.78, 5) is 3.65. The minimum atomic E-state index is -1.60. The van der Waals surface area contributed by atoms with E-state index in [0.29, 0.717) is 0 Å². The molecule has 102 valence electrons. The molecule has 0 unspecified atom stereocenters. The molecule has 3 N–H and O–H groups in total. The number of hydrogen-bond acceptors (Lipinski definition) is 4. The van der Waals surface area contributed by atoms with Gasteiger partial charge in [0.25, 0.3) is 0 Å². The molecule has 0 saturated heterocycles. The maximum Gasteiger partial charge on any atom is 0.185 e. The summed E-state index contributed by atoms with van der Waals surface area (Å²) in [5.74, 6) is -6.55. The van der Waals surface area contributed by atoms with Crippen molar-refractivity contribution < 1.29 is 17.6 Å². The minimum Gasteiger partial charge on any atom is -0.396 e. The summed E-state index contributed by atoms with van der Waals surface area (Å²) in [6.45, 7) is 0. The monoisotopic (exact) mass is 282 g/mol. The van der Waals surface area contributed by atoms with Crippen LogP contribution in [0.25, 0.3) is 0 Å². The smallest absolute Gasteiger partial charge is 0.185 e. The zero-order chi connectivity index (χ0) is 14.9. The molecule has 2 aromatic rings. The fraction of sp³-hybridized carbons (Fsp3) is 0. The summed E-state index contributed by atoms with van der Waals surface area (Å²) in [6, 6.07) is 3.05. The summed E-state index contributed by atoms with van der Waals surface area (Å²) >= 11 is 0. The molecule has 0 aliphatic rings. The summed E-state index contributed by atoms with van der Waals surface area (Å²) in [7, 11) is 0. The molecule has 0 spiro atoms. The van der Waals surface area contributed by atoms with Gasteiger partial charge in [0.15, 0.2) is 29.1 Å². The Kier molecular flexibility index (Phi) is 3.43. The lowest BCUT2D eigenvalue weighted by Gasteiger charge is -2.11. The zero-order valence-corrected chi connectivity index (χ0v) is 9.72. The molecular formula is C12H6F4N4. The number of pyridine rings is 1. The number of nitrogens with one attached hydrogen (secondary N) is 1. The second-order valence-electron chi connectivity index (χ2n) is 3.74. The Morgan fingerprint density at radius 3 is 2.20 bits per heavy atom. The molecule has 20 heavy (non-hydrogen) atoms. The Morgan fingerprint density at radius 2 is 1.70 bits per heavy atom. The SMILES string of the molecule is N#Cc1cnc(Nc2c(F)c(F)cc(F)c2F)c(N)c1. The number of benzene rings is 1. The van der Waals surface area contributed by atoms with Gasteiger partial charge in [-0.25, -0.2) is 22.5 Å². The first-order valence-corrected chi connectivity index (χ1v) is 5.19. The van der Waals surface area contributed by atoms with E-state index in [4.69, 9.17) is 11.0 Å². The number of hydrogen-bond donors (Lipinski definition) is 2. The van der Waals surface area contributed by atoms with Crippen LogP contribution in [0.4, 0.5) is 34.8 Å². The number of nitriles is 1. The standard InChI is InChI=1S/C12H6F4N4/c13-6-2-7(14)10(16)11(9(6)15)20-12-8(18)1-5(3-17)4-19-12/h1-2,4H,18H2,(H,19,20). The van der Waals surface area contributed by atoms with Gasteiger partial charge < -0.3 is 11.1 Å². The van der Waals surface area contributed by atoms with Gasteiger partial charge >= 0.3 is 0 Å². The lowest BCUT2D eigenvalue weighted by Crippen LogP contribution is -2.06. The van der Waals surface area contributed by atoms with E-state index in [1.54, 1.807) is 6.07 Å². The molecule has 0 bridgehead atoms. The van der Waals surface area contributed by atoms with Crippen molar-refractivity contribution in [1.82, 2.24) is 4.98 Å². The number of rotatable bonds is 2. The molecule has 0 saturated carbocycles. The molecule has 2 rings (SSSR count). The Morgan fingerprint density at radius 1 is 1.10 bits per heavy atom. The molecule has 4 nitrogen and oxygen atoms in total. The van der Waals surface area contributed by atoms with Gasteiger partial charge in [-0.1, -0.05) is 0 Å². The minimum absolute atomic E-state index is 0.0887. The highest BCUT2D eigenvalue weighted by Crippen LogP contribution is 2.28. The molecule has 0 aliphatic carbocycles.